The summed E-state index contributed by atoms with van der Waals surface area (Å²) in [6.07, 6.45) is 0. The van der Waals surface area contributed by atoms with E-state index in [1.54, 1.807) is 6.07 Å². The van der Waals surface area contributed by atoms with Gasteiger partial charge in [-0.05, 0) is 11.6 Å². The van der Waals surface area contributed by atoms with Crippen molar-refractivity contribution in [2.45, 2.75) is 6.61 Å². The van der Waals surface area contributed by atoms with Gasteiger partial charge in [-0.1, -0.05) is 6.07 Å². The third-order valence-corrected chi connectivity index (χ3v) is 3.17. The number of morpholine rings is 1. The van der Waals surface area contributed by atoms with E-state index in [1.165, 1.54) is 12.1 Å². The Morgan fingerprint density at radius 3 is 2.80 bits per heavy atom. The normalized spacial score (nSPS) is 16.1. The van der Waals surface area contributed by atoms with Crippen LogP contribution in [0.5, 0.6) is 5.75 Å². The number of aliphatic hydroxyl groups excluding tert-OH is 1. The van der Waals surface area contributed by atoms with Crippen molar-refractivity contribution < 1.29 is 19.5 Å². The van der Waals surface area contributed by atoms with Crippen LogP contribution >= 0.6 is 0 Å². The summed E-state index contributed by atoms with van der Waals surface area (Å²) in [5.74, 6) is 0.237. The molecular weight excluding hydrogens is 264 g/mol. The molecule has 7 nitrogen and oxygen atoms in total. The third-order valence-electron chi connectivity index (χ3n) is 3.17. The molecule has 0 bridgehead atoms. The van der Waals surface area contributed by atoms with Crippen LogP contribution in [-0.4, -0.2) is 54.4 Å². The molecule has 7 heteroatoms. The second kappa shape index (κ2) is 7.18. The average molecular weight is 282 g/mol. The van der Waals surface area contributed by atoms with E-state index in [0.29, 0.717) is 31.9 Å². The van der Waals surface area contributed by atoms with Crippen LogP contribution in [0.15, 0.2) is 18.2 Å². The van der Waals surface area contributed by atoms with Crippen LogP contribution in [0.25, 0.3) is 0 Å². The van der Waals surface area contributed by atoms with Gasteiger partial charge in [0.1, 0.15) is 6.61 Å². The number of nitro groups is 1. The van der Waals surface area contributed by atoms with Crippen molar-refractivity contribution in [2.75, 3.05) is 39.5 Å². The first kappa shape index (κ1) is 14.7. The highest BCUT2D eigenvalue weighted by molar-refractivity contribution is 5.48. The number of aliphatic hydroxyl groups is 1. The van der Waals surface area contributed by atoms with Crippen LogP contribution in [0.4, 0.5) is 5.69 Å². The summed E-state index contributed by atoms with van der Waals surface area (Å²) in [5.41, 5.74) is 0.385. The topological polar surface area (TPSA) is 85.1 Å². The molecule has 1 aromatic rings. The Kier molecular flexibility index (Phi) is 5.28. The maximum absolute atomic E-state index is 11.0. The minimum atomic E-state index is -0.497. The van der Waals surface area contributed by atoms with Crippen LogP contribution in [0.3, 0.4) is 0 Å². The highest BCUT2D eigenvalue weighted by atomic mass is 16.6. The Labute approximate surface area is 116 Å². The Morgan fingerprint density at radius 1 is 1.40 bits per heavy atom. The number of benzene rings is 1. The lowest BCUT2D eigenvalue weighted by Gasteiger charge is -2.26. The first-order chi connectivity index (χ1) is 9.70. The zero-order valence-corrected chi connectivity index (χ0v) is 11.2. The predicted octanol–water partition coefficient (Wildman–Crippen LogP) is 0.798. The summed E-state index contributed by atoms with van der Waals surface area (Å²) in [5, 5.41) is 20.0. The van der Waals surface area contributed by atoms with Gasteiger partial charge in [0.25, 0.3) is 0 Å². The molecule has 0 amide bonds. The van der Waals surface area contributed by atoms with Gasteiger partial charge in [-0.3, -0.25) is 15.0 Å². The van der Waals surface area contributed by atoms with Crippen LogP contribution in [0, 0.1) is 10.1 Å². The molecule has 1 aliphatic rings. The lowest BCUT2D eigenvalue weighted by molar-refractivity contribution is -0.386. The molecule has 1 aliphatic heterocycles. The molecular formula is C13H18N2O5. The minimum Gasteiger partial charge on any atom is -0.485 e. The standard InChI is InChI=1S/C13H18N2O5/c16-10-11-1-2-13(12(9-11)15(17)18)20-8-5-14-3-6-19-7-4-14/h1-2,9,16H,3-8,10H2. The van der Waals surface area contributed by atoms with E-state index < -0.39 is 4.92 Å². The summed E-state index contributed by atoms with van der Waals surface area (Å²) in [7, 11) is 0. The quantitative estimate of drug-likeness (QED) is 0.613. The van der Waals surface area contributed by atoms with Crippen LogP contribution in [0.2, 0.25) is 0 Å². The molecule has 0 atom stereocenters. The molecule has 1 aromatic carbocycles. The van der Waals surface area contributed by atoms with Crippen molar-refractivity contribution in [3.63, 3.8) is 0 Å². The van der Waals surface area contributed by atoms with Gasteiger partial charge < -0.3 is 14.6 Å². The fraction of sp³-hybridized carbons (Fsp3) is 0.538. The third kappa shape index (κ3) is 3.89. The fourth-order valence-corrected chi connectivity index (χ4v) is 2.04. The summed E-state index contributed by atoms with van der Waals surface area (Å²) < 4.78 is 10.7. The van der Waals surface area contributed by atoms with Crippen molar-refractivity contribution >= 4 is 5.69 Å². The Hall–Kier alpha value is -1.70. The van der Waals surface area contributed by atoms with Crippen LogP contribution in [0.1, 0.15) is 5.56 Å². The second-order valence-electron chi connectivity index (χ2n) is 4.52. The van der Waals surface area contributed by atoms with Gasteiger partial charge in [-0.25, -0.2) is 0 Å². The van der Waals surface area contributed by atoms with Gasteiger partial charge >= 0.3 is 5.69 Å². The molecule has 2 rings (SSSR count). The van der Waals surface area contributed by atoms with Crippen LogP contribution in [-0.2, 0) is 11.3 Å². The number of nitrogens with zero attached hydrogens (tertiary/aromatic N) is 2. The Bertz CT molecular complexity index is 460. The van der Waals surface area contributed by atoms with Gasteiger partial charge in [-0.2, -0.15) is 0 Å². The molecule has 0 radical (unpaired) electrons. The monoisotopic (exact) mass is 282 g/mol. The van der Waals surface area contributed by atoms with E-state index in [-0.39, 0.29) is 18.0 Å². The summed E-state index contributed by atoms with van der Waals surface area (Å²) in [6.45, 7) is 4.01. The first-order valence-corrected chi connectivity index (χ1v) is 6.52. The first-order valence-electron chi connectivity index (χ1n) is 6.52. The van der Waals surface area contributed by atoms with E-state index in [9.17, 15) is 10.1 Å². The van der Waals surface area contributed by atoms with E-state index >= 15 is 0 Å². The van der Waals surface area contributed by atoms with Gasteiger partial charge in [-0.15, -0.1) is 0 Å². The van der Waals surface area contributed by atoms with E-state index in [1.807, 2.05) is 0 Å². The smallest absolute Gasteiger partial charge is 0.311 e. The minimum absolute atomic E-state index is 0.112. The van der Waals surface area contributed by atoms with Crippen molar-refractivity contribution in [1.82, 2.24) is 4.90 Å². The molecule has 1 saturated heterocycles. The van der Waals surface area contributed by atoms with Crippen molar-refractivity contribution in [1.29, 1.82) is 0 Å². The van der Waals surface area contributed by atoms with E-state index in [2.05, 4.69) is 4.90 Å². The summed E-state index contributed by atoms with van der Waals surface area (Å²) >= 11 is 0. The Balaban J connectivity index is 1.92. The average Bonchev–Trinajstić information content (AvgIpc) is 2.48. The van der Waals surface area contributed by atoms with Crippen molar-refractivity contribution in [3.8, 4) is 5.75 Å². The lowest BCUT2D eigenvalue weighted by Crippen LogP contribution is -2.38. The van der Waals surface area contributed by atoms with Gasteiger partial charge in [0, 0.05) is 25.7 Å². The molecule has 1 N–H and O–H groups in total. The zero-order chi connectivity index (χ0) is 14.4. The Morgan fingerprint density at radius 2 is 2.15 bits per heavy atom. The number of nitro benzene ring substituents is 1. The molecule has 0 saturated carbocycles. The molecule has 1 heterocycles. The second-order valence-corrected chi connectivity index (χ2v) is 4.52. The summed E-state index contributed by atoms with van der Waals surface area (Å²) in [4.78, 5) is 12.7. The van der Waals surface area contributed by atoms with Crippen molar-refractivity contribution in [2.24, 2.45) is 0 Å². The van der Waals surface area contributed by atoms with E-state index in [4.69, 9.17) is 14.6 Å². The van der Waals surface area contributed by atoms with Crippen LogP contribution < -0.4 is 4.74 Å². The van der Waals surface area contributed by atoms with Crippen molar-refractivity contribution in [3.05, 3.63) is 33.9 Å². The maximum atomic E-state index is 11.0. The molecule has 20 heavy (non-hydrogen) atoms. The summed E-state index contributed by atoms with van der Waals surface area (Å²) in [6, 6.07) is 4.49. The number of rotatable bonds is 6. The largest absolute Gasteiger partial charge is 0.485 e. The van der Waals surface area contributed by atoms with Gasteiger partial charge in [0.15, 0.2) is 5.75 Å². The number of ether oxygens (including phenoxy) is 2. The predicted molar refractivity (Wildman–Crippen MR) is 71.8 cm³/mol. The lowest BCUT2D eigenvalue weighted by atomic mass is 10.2. The highest BCUT2D eigenvalue weighted by Gasteiger charge is 2.16. The van der Waals surface area contributed by atoms with Gasteiger partial charge in [0.05, 0.1) is 24.7 Å². The zero-order valence-electron chi connectivity index (χ0n) is 11.2. The SMILES string of the molecule is O=[N+]([O-])c1cc(CO)ccc1OCCN1CCOCC1. The van der Waals surface area contributed by atoms with E-state index in [0.717, 1.165) is 13.1 Å². The molecule has 0 aromatic heterocycles. The molecule has 0 aliphatic carbocycles. The fourth-order valence-electron chi connectivity index (χ4n) is 2.04. The number of hydrogen-bond donors (Lipinski definition) is 1. The molecule has 1 fully saturated rings. The number of hydrogen-bond acceptors (Lipinski definition) is 6. The molecule has 110 valence electrons. The highest BCUT2D eigenvalue weighted by Crippen LogP contribution is 2.27. The maximum Gasteiger partial charge on any atom is 0.311 e. The molecule has 0 spiro atoms. The molecule has 0 unspecified atom stereocenters. The van der Waals surface area contributed by atoms with Gasteiger partial charge in [0.2, 0.25) is 0 Å².